The zero-order chi connectivity index (χ0) is 27.1. The summed E-state index contributed by atoms with van der Waals surface area (Å²) in [6.45, 7) is 7.89. The largest absolute Gasteiger partial charge is 0.508 e. The maximum Gasteiger partial charge on any atom is 0.508 e. The first-order valence-electron chi connectivity index (χ1n) is 16.6. The number of hydrogen-bond acceptors (Lipinski definition) is 3. The molecule has 0 aliphatic heterocycles. The predicted molar refractivity (Wildman–Crippen MR) is 162 cm³/mol. The molecule has 0 saturated carbocycles. The van der Waals surface area contributed by atoms with Crippen LogP contribution in [0.5, 0.6) is 0 Å². The Kier molecular flexibility index (Phi) is 30.4. The van der Waals surface area contributed by atoms with E-state index in [1.807, 2.05) is 0 Å². The molecule has 0 heterocycles. The molecule has 3 heteroatoms. The van der Waals surface area contributed by atoms with Crippen LogP contribution in [0.1, 0.15) is 181 Å². The summed E-state index contributed by atoms with van der Waals surface area (Å²) in [4.78, 5) is 11.7. The second-order valence-corrected chi connectivity index (χ2v) is 11.6. The summed E-state index contributed by atoms with van der Waals surface area (Å²) in [7, 11) is 0. The summed E-state index contributed by atoms with van der Waals surface area (Å²) in [5.41, 5.74) is 0. The minimum absolute atomic E-state index is 0.482. The Morgan fingerprint density at radius 3 is 1.27 bits per heavy atom. The van der Waals surface area contributed by atoms with Crippen molar-refractivity contribution in [2.24, 2.45) is 5.92 Å². The molecule has 220 valence electrons. The van der Waals surface area contributed by atoms with Crippen LogP contribution >= 0.6 is 0 Å². The van der Waals surface area contributed by atoms with Gasteiger partial charge in [-0.1, -0.05) is 155 Å². The molecule has 0 unspecified atom stereocenters. The summed E-state index contributed by atoms with van der Waals surface area (Å²) in [5.74, 6) is 0.841. The van der Waals surface area contributed by atoms with Crippen LogP contribution in [-0.2, 0) is 9.47 Å². The van der Waals surface area contributed by atoms with E-state index in [4.69, 9.17) is 9.47 Å². The van der Waals surface area contributed by atoms with E-state index in [1.165, 1.54) is 135 Å². The van der Waals surface area contributed by atoms with Crippen molar-refractivity contribution in [2.75, 3.05) is 13.2 Å². The zero-order valence-electron chi connectivity index (χ0n) is 25.5. The van der Waals surface area contributed by atoms with Gasteiger partial charge in [0.05, 0.1) is 13.2 Å². The molecule has 0 bridgehead atoms. The maximum atomic E-state index is 11.7. The van der Waals surface area contributed by atoms with Gasteiger partial charge in [-0.05, 0) is 44.4 Å². The molecule has 0 aliphatic rings. The highest BCUT2D eigenvalue weighted by molar-refractivity contribution is 5.59. The second kappa shape index (κ2) is 31.2. The Morgan fingerprint density at radius 2 is 0.865 bits per heavy atom. The lowest BCUT2D eigenvalue weighted by atomic mass is 10.0. The van der Waals surface area contributed by atoms with Crippen molar-refractivity contribution in [2.45, 2.75) is 181 Å². The van der Waals surface area contributed by atoms with Gasteiger partial charge in [0, 0.05) is 0 Å². The van der Waals surface area contributed by atoms with Crippen molar-refractivity contribution < 1.29 is 14.3 Å². The third-order valence-electron chi connectivity index (χ3n) is 7.27. The minimum Gasteiger partial charge on any atom is -0.434 e. The van der Waals surface area contributed by atoms with Gasteiger partial charge in [-0.25, -0.2) is 4.79 Å². The van der Waals surface area contributed by atoms with E-state index in [-0.39, 0.29) is 0 Å². The normalized spacial score (nSPS) is 11.6. The Hall–Kier alpha value is -0.990. The molecule has 3 nitrogen and oxygen atoms in total. The lowest BCUT2D eigenvalue weighted by molar-refractivity contribution is 0.0529. The smallest absolute Gasteiger partial charge is 0.434 e. The Morgan fingerprint density at radius 1 is 0.514 bits per heavy atom. The molecule has 0 aliphatic carbocycles. The van der Waals surface area contributed by atoms with Crippen molar-refractivity contribution in [1.29, 1.82) is 0 Å². The van der Waals surface area contributed by atoms with Gasteiger partial charge in [0.25, 0.3) is 0 Å². The quantitative estimate of drug-likeness (QED) is 0.0556. The van der Waals surface area contributed by atoms with E-state index in [1.54, 1.807) is 0 Å². The van der Waals surface area contributed by atoms with E-state index < -0.39 is 6.16 Å². The Balaban J connectivity index is 3.20. The standard InChI is InChI=1S/C34H66O3/c1-4-5-6-7-8-9-10-11-12-13-14-15-16-17-19-22-25-28-31-36-34(35)37-32-29-26-23-20-18-21-24-27-30-33(2)3/h13-14,33H,4-12,15-32H2,1-3H3/b14-13-. The molecule has 0 aromatic rings. The first-order valence-corrected chi connectivity index (χ1v) is 16.6. The van der Waals surface area contributed by atoms with Crippen LogP contribution in [-0.4, -0.2) is 19.4 Å². The van der Waals surface area contributed by atoms with Crippen LogP contribution in [0.2, 0.25) is 0 Å². The van der Waals surface area contributed by atoms with Crippen molar-refractivity contribution in [3.8, 4) is 0 Å². The molecule has 0 saturated heterocycles. The zero-order valence-corrected chi connectivity index (χ0v) is 25.5. The fourth-order valence-electron chi connectivity index (χ4n) is 4.77. The van der Waals surface area contributed by atoms with Crippen molar-refractivity contribution in [3.05, 3.63) is 12.2 Å². The van der Waals surface area contributed by atoms with Crippen LogP contribution in [0.25, 0.3) is 0 Å². The van der Waals surface area contributed by atoms with Crippen LogP contribution in [0, 0.1) is 5.92 Å². The first kappa shape index (κ1) is 36.0. The number of unbranched alkanes of at least 4 members (excludes halogenated alkanes) is 21. The molecule has 0 aromatic carbocycles. The van der Waals surface area contributed by atoms with E-state index in [9.17, 15) is 4.79 Å². The summed E-state index contributed by atoms with van der Waals surface area (Å²) >= 11 is 0. The first-order chi connectivity index (χ1) is 18.2. The Bertz CT molecular complexity index is 472. The number of carbonyl (C=O) groups is 1. The summed E-state index contributed by atoms with van der Waals surface area (Å²) in [6.07, 6.45) is 36.7. The van der Waals surface area contributed by atoms with E-state index in [0.29, 0.717) is 13.2 Å². The van der Waals surface area contributed by atoms with Crippen LogP contribution in [0.4, 0.5) is 4.79 Å². The van der Waals surface area contributed by atoms with Gasteiger partial charge < -0.3 is 9.47 Å². The van der Waals surface area contributed by atoms with Crippen molar-refractivity contribution in [3.63, 3.8) is 0 Å². The minimum atomic E-state index is -0.482. The van der Waals surface area contributed by atoms with E-state index in [2.05, 4.69) is 32.9 Å². The summed E-state index contributed by atoms with van der Waals surface area (Å²) in [5, 5.41) is 0. The Labute approximate surface area is 232 Å². The molecule has 0 aromatic heterocycles. The third-order valence-corrected chi connectivity index (χ3v) is 7.27. The average molecular weight is 523 g/mol. The van der Waals surface area contributed by atoms with Gasteiger partial charge in [0.15, 0.2) is 0 Å². The average Bonchev–Trinajstić information content (AvgIpc) is 2.88. The fraction of sp³-hybridized carbons (Fsp3) is 0.912. The van der Waals surface area contributed by atoms with Gasteiger partial charge in [0.2, 0.25) is 0 Å². The molecule has 0 fully saturated rings. The van der Waals surface area contributed by atoms with E-state index >= 15 is 0 Å². The van der Waals surface area contributed by atoms with Gasteiger partial charge in [-0.15, -0.1) is 0 Å². The van der Waals surface area contributed by atoms with Gasteiger partial charge in [-0.3, -0.25) is 0 Å². The molecule has 0 atom stereocenters. The fourth-order valence-corrected chi connectivity index (χ4v) is 4.77. The predicted octanol–water partition coefficient (Wildman–Crippen LogP) is 12.1. The molecule has 0 rings (SSSR count). The number of allylic oxidation sites excluding steroid dienone is 2. The van der Waals surface area contributed by atoms with Gasteiger partial charge in [0.1, 0.15) is 0 Å². The van der Waals surface area contributed by atoms with Crippen molar-refractivity contribution in [1.82, 2.24) is 0 Å². The van der Waals surface area contributed by atoms with Gasteiger partial charge in [-0.2, -0.15) is 0 Å². The molecule has 0 spiro atoms. The highest BCUT2D eigenvalue weighted by Gasteiger charge is 2.03. The maximum absolute atomic E-state index is 11.7. The number of rotatable bonds is 29. The number of ether oxygens (including phenoxy) is 2. The monoisotopic (exact) mass is 523 g/mol. The topological polar surface area (TPSA) is 35.5 Å². The SMILES string of the molecule is CCCCCCCCCC/C=C\CCCCCCCCOC(=O)OCCCCCCCCCCC(C)C. The van der Waals surface area contributed by atoms with Crippen LogP contribution in [0.15, 0.2) is 12.2 Å². The molecule has 37 heavy (non-hydrogen) atoms. The number of carbonyl (C=O) groups excluding carboxylic acids is 1. The lowest BCUT2D eigenvalue weighted by Gasteiger charge is -2.07. The van der Waals surface area contributed by atoms with Crippen molar-refractivity contribution >= 4 is 6.16 Å². The third kappa shape index (κ3) is 33.0. The molecular weight excluding hydrogens is 456 g/mol. The molecule has 0 radical (unpaired) electrons. The highest BCUT2D eigenvalue weighted by Crippen LogP contribution is 2.13. The highest BCUT2D eigenvalue weighted by atomic mass is 16.7. The summed E-state index contributed by atoms with van der Waals surface area (Å²) < 4.78 is 10.4. The molecule has 0 N–H and O–H groups in total. The van der Waals surface area contributed by atoms with Crippen LogP contribution in [0.3, 0.4) is 0 Å². The molecular formula is C34H66O3. The summed E-state index contributed by atoms with van der Waals surface area (Å²) in [6, 6.07) is 0. The molecule has 0 amide bonds. The second-order valence-electron chi connectivity index (χ2n) is 11.6. The van der Waals surface area contributed by atoms with E-state index in [0.717, 1.165) is 31.6 Å². The van der Waals surface area contributed by atoms with Gasteiger partial charge >= 0.3 is 6.16 Å². The van der Waals surface area contributed by atoms with Crippen LogP contribution < -0.4 is 0 Å². The lowest BCUT2D eigenvalue weighted by Crippen LogP contribution is -2.09. The number of hydrogen-bond donors (Lipinski definition) is 0.